The number of hydrogen-bond donors (Lipinski definition) is 6. The van der Waals surface area contributed by atoms with Crippen LogP contribution in [0.1, 0.15) is 11.1 Å². The van der Waals surface area contributed by atoms with Crippen LogP contribution in [0.2, 0.25) is 0 Å². The first-order valence-electron chi connectivity index (χ1n) is 9.18. The SMILES string of the molecule is COc1ccc(/C=C/c2cc(O)cc(OC3O[C@H](CO)[C@@H](O)[C@H](O)[C@H]3O)c2)cc1O. The molecule has 1 heterocycles. The third-order valence-electron chi connectivity index (χ3n) is 4.69. The fraction of sp³-hybridized carbons (Fsp3) is 0.333. The van der Waals surface area contributed by atoms with Gasteiger partial charge in [-0.15, -0.1) is 0 Å². The van der Waals surface area contributed by atoms with Gasteiger partial charge in [0.25, 0.3) is 0 Å². The third kappa shape index (κ3) is 4.84. The molecule has 0 radical (unpaired) electrons. The monoisotopic (exact) mass is 420 g/mol. The Morgan fingerprint density at radius 2 is 1.67 bits per heavy atom. The van der Waals surface area contributed by atoms with Gasteiger partial charge in [0.05, 0.1) is 13.7 Å². The van der Waals surface area contributed by atoms with Crippen LogP contribution in [0.25, 0.3) is 12.2 Å². The molecule has 30 heavy (non-hydrogen) atoms. The first-order valence-corrected chi connectivity index (χ1v) is 9.18. The topological polar surface area (TPSA) is 149 Å². The van der Waals surface area contributed by atoms with E-state index < -0.39 is 37.3 Å². The summed E-state index contributed by atoms with van der Waals surface area (Å²) in [6.45, 7) is -0.576. The van der Waals surface area contributed by atoms with Gasteiger partial charge >= 0.3 is 0 Å². The van der Waals surface area contributed by atoms with Crippen molar-refractivity contribution < 1.29 is 44.8 Å². The number of phenolic OH excluding ortho intramolecular Hbond substituents is 2. The van der Waals surface area contributed by atoms with Crippen molar-refractivity contribution in [2.75, 3.05) is 13.7 Å². The summed E-state index contributed by atoms with van der Waals surface area (Å²) in [5.74, 6) is 0.354. The quantitative estimate of drug-likeness (QED) is 0.366. The van der Waals surface area contributed by atoms with Crippen LogP contribution < -0.4 is 9.47 Å². The summed E-state index contributed by atoms with van der Waals surface area (Å²) in [6, 6.07) is 9.19. The van der Waals surface area contributed by atoms with Gasteiger partial charge in [-0.1, -0.05) is 18.2 Å². The Morgan fingerprint density at radius 3 is 2.33 bits per heavy atom. The second-order valence-corrected chi connectivity index (χ2v) is 6.84. The molecule has 162 valence electrons. The van der Waals surface area contributed by atoms with E-state index in [0.717, 1.165) is 0 Å². The average molecular weight is 420 g/mol. The minimum Gasteiger partial charge on any atom is -0.508 e. The fourth-order valence-corrected chi connectivity index (χ4v) is 3.07. The molecule has 3 rings (SSSR count). The van der Waals surface area contributed by atoms with Crippen LogP contribution in [0, 0.1) is 0 Å². The van der Waals surface area contributed by atoms with Crippen LogP contribution >= 0.6 is 0 Å². The number of aliphatic hydroxyl groups excluding tert-OH is 4. The van der Waals surface area contributed by atoms with Crippen molar-refractivity contribution in [2.24, 2.45) is 0 Å². The number of phenols is 2. The predicted octanol–water partition coefficient (Wildman–Crippen LogP) is 0.455. The molecular weight excluding hydrogens is 396 g/mol. The van der Waals surface area contributed by atoms with Crippen molar-refractivity contribution in [3.05, 3.63) is 47.5 Å². The average Bonchev–Trinajstić information content (AvgIpc) is 2.72. The summed E-state index contributed by atoms with van der Waals surface area (Å²) in [6.07, 6.45) is -3.72. The molecule has 0 saturated carbocycles. The van der Waals surface area contributed by atoms with E-state index in [0.29, 0.717) is 16.9 Å². The number of aliphatic hydroxyl groups is 4. The van der Waals surface area contributed by atoms with E-state index in [1.807, 2.05) is 0 Å². The molecule has 0 bridgehead atoms. The van der Waals surface area contributed by atoms with Crippen LogP contribution in [0.4, 0.5) is 0 Å². The van der Waals surface area contributed by atoms with Crippen LogP contribution in [0.15, 0.2) is 36.4 Å². The van der Waals surface area contributed by atoms with Crippen LogP contribution in [0.3, 0.4) is 0 Å². The lowest BCUT2D eigenvalue weighted by Crippen LogP contribution is -2.60. The standard InChI is InChI=1S/C21H24O9/c1-28-16-5-4-11(8-15(16)24)2-3-12-6-13(23)9-14(7-12)29-21-20(27)19(26)18(25)17(10-22)30-21/h2-9,17-27H,10H2,1H3/b3-2+/t17-,18-,19+,20-,21?/m1/s1. The molecule has 1 fully saturated rings. The van der Waals surface area contributed by atoms with E-state index in [2.05, 4.69) is 0 Å². The van der Waals surface area contributed by atoms with E-state index in [1.165, 1.54) is 25.3 Å². The van der Waals surface area contributed by atoms with E-state index in [4.69, 9.17) is 14.2 Å². The van der Waals surface area contributed by atoms with Crippen molar-refractivity contribution >= 4 is 12.2 Å². The molecule has 0 amide bonds. The molecule has 1 aliphatic rings. The Bertz CT molecular complexity index is 896. The number of ether oxygens (including phenoxy) is 3. The Kier molecular flexibility index (Phi) is 6.80. The van der Waals surface area contributed by atoms with Gasteiger partial charge in [0.15, 0.2) is 11.5 Å². The summed E-state index contributed by atoms with van der Waals surface area (Å²) in [5.41, 5.74) is 1.23. The Hall–Kier alpha value is -2.82. The summed E-state index contributed by atoms with van der Waals surface area (Å²) < 4.78 is 15.8. The number of aromatic hydroxyl groups is 2. The maximum absolute atomic E-state index is 10.1. The summed E-state index contributed by atoms with van der Waals surface area (Å²) >= 11 is 0. The highest BCUT2D eigenvalue weighted by molar-refractivity contribution is 5.72. The molecule has 9 heteroatoms. The smallest absolute Gasteiger partial charge is 0.229 e. The van der Waals surface area contributed by atoms with E-state index in [1.54, 1.807) is 30.4 Å². The van der Waals surface area contributed by atoms with Gasteiger partial charge in [0.1, 0.15) is 35.9 Å². The van der Waals surface area contributed by atoms with Gasteiger partial charge in [-0.05, 0) is 35.4 Å². The van der Waals surface area contributed by atoms with E-state index >= 15 is 0 Å². The van der Waals surface area contributed by atoms with Crippen molar-refractivity contribution in [1.29, 1.82) is 0 Å². The first-order chi connectivity index (χ1) is 14.3. The Labute approximate surface area is 172 Å². The fourth-order valence-electron chi connectivity index (χ4n) is 3.07. The third-order valence-corrected chi connectivity index (χ3v) is 4.69. The van der Waals surface area contributed by atoms with Gasteiger partial charge < -0.3 is 44.8 Å². The molecular formula is C21H24O9. The Balaban J connectivity index is 1.77. The van der Waals surface area contributed by atoms with Crippen LogP contribution in [-0.4, -0.2) is 75.1 Å². The summed E-state index contributed by atoms with van der Waals surface area (Å²) in [4.78, 5) is 0. The molecule has 0 spiro atoms. The number of benzene rings is 2. The highest BCUT2D eigenvalue weighted by atomic mass is 16.7. The van der Waals surface area contributed by atoms with Gasteiger partial charge in [0.2, 0.25) is 6.29 Å². The van der Waals surface area contributed by atoms with Crippen molar-refractivity contribution in [1.82, 2.24) is 0 Å². The van der Waals surface area contributed by atoms with Crippen LogP contribution in [0.5, 0.6) is 23.0 Å². The molecule has 1 unspecified atom stereocenters. The van der Waals surface area contributed by atoms with Gasteiger partial charge in [-0.25, -0.2) is 0 Å². The first kappa shape index (κ1) is 21.9. The highest BCUT2D eigenvalue weighted by Crippen LogP contribution is 2.30. The second-order valence-electron chi connectivity index (χ2n) is 6.84. The van der Waals surface area contributed by atoms with Gasteiger partial charge in [-0.3, -0.25) is 0 Å². The molecule has 1 saturated heterocycles. The van der Waals surface area contributed by atoms with Crippen LogP contribution in [-0.2, 0) is 4.74 Å². The lowest BCUT2D eigenvalue weighted by molar-refractivity contribution is -0.277. The summed E-state index contributed by atoms with van der Waals surface area (Å²) in [7, 11) is 1.45. The number of rotatable bonds is 6. The molecule has 6 N–H and O–H groups in total. The highest BCUT2D eigenvalue weighted by Gasteiger charge is 2.44. The largest absolute Gasteiger partial charge is 0.508 e. The number of methoxy groups -OCH3 is 1. The zero-order chi connectivity index (χ0) is 21.8. The zero-order valence-electron chi connectivity index (χ0n) is 16.1. The minimum atomic E-state index is -1.57. The molecule has 2 aromatic rings. The van der Waals surface area contributed by atoms with E-state index in [-0.39, 0.29) is 17.2 Å². The Morgan fingerprint density at radius 1 is 0.933 bits per heavy atom. The van der Waals surface area contributed by atoms with Crippen molar-refractivity contribution in [3.8, 4) is 23.0 Å². The molecule has 0 aliphatic carbocycles. The predicted molar refractivity (Wildman–Crippen MR) is 106 cm³/mol. The lowest BCUT2D eigenvalue weighted by Gasteiger charge is -2.39. The maximum Gasteiger partial charge on any atom is 0.229 e. The summed E-state index contributed by atoms with van der Waals surface area (Å²) in [5, 5.41) is 58.9. The molecule has 5 atom stereocenters. The normalized spacial score (nSPS) is 26.6. The number of hydrogen-bond acceptors (Lipinski definition) is 9. The minimum absolute atomic E-state index is 0.0119. The van der Waals surface area contributed by atoms with Gasteiger partial charge in [-0.2, -0.15) is 0 Å². The molecule has 1 aliphatic heterocycles. The molecule has 2 aromatic carbocycles. The molecule has 9 nitrogen and oxygen atoms in total. The second kappa shape index (κ2) is 9.33. The van der Waals surface area contributed by atoms with Gasteiger partial charge in [0, 0.05) is 6.07 Å². The zero-order valence-corrected chi connectivity index (χ0v) is 16.1. The lowest BCUT2D eigenvalue weighted by atomic mass is 9.99. The molecule has 0 aromatic heterocycles. The maximum atomic E-state index is 10.1. The van der Waals surface area contributed by atoms with E-state index in [9.17, 15) is 30.6 Å². The van der Waals surface area contributed by atoms with Crippen molar-refractivity contribution in [3.63, 3.8) is 0 Å². The van der Waals surface area contributed by atoms with Crippen molar-refractivity contribution in [2.45, 2.75) is 30.7 Å².